The molecule has 0 spiro atoms. The lowest BCUT2D eigenvalue weighted by Crippen LogP contribution is -2.46. The number of hydrogen-bond acceptors (Lipinski definition) is 4. The van der Waals surface area contributed by atoms with E-state index in [1.807, 2.05) is 37.3 Å². The third-order valence-electron chi connectivity index (χ3n) is 5.55. The van der Waals surface area contributed by atoms with E-state index in [4.69, 9.17) is 0 Å². The highest BCUT2D eigenvalue weighted by atomic mass is 16.2. The van der Waals surface area contributed by atoms with E-state index >= 15 is 0 Å². The van der Waals surface area contributed by atoms with Crippen molar-refractivity contribution in [2.45, 2.75) is 39.2 Å². The summed E-state index contributed by atoms with van der Waals surface area (Å²) in [6.07, 6.45) is 1.83. The van der Waals surface area contributed by atoms with Crippen molar-refractivity contribution in [3.63, 3.8) is 0 Å². The zero-order valence-electron chi connectivity index (χ0n) is 16.2. The minimum atomic E-state index is -0.888. The number of para-hydroxylation sites is 1. The first-order chi connectivity index (χ1) is 13.3. The molecule has 1 aromatic heterocycles. The second kappa shape index (κ2) is 6.47. The molecule has 2 aliphatic rings. The summed E-state index contributed by atoms with van der Waals surface area (Å²) >= 11 is 0. The average Bonchev–Trinajstić information content (AvgIpc) is 3.46. The van der Waals surface area contributed by atoms with E-state index in [2.05, 4.69) is 15.7 Å². The molecule has 0 bridgehead atoms. The Labute approximate surface area is 162 Å². The normalized spacial score (nSPS) is 21.8. The Morgan fingerprint density at radius 1 is 1.25 bits per heavy atom. The van der Waals surface area contributed by atoms with E-state index in [-0.39, 0.29) is 18.4 Å². The van der Waals surface area contributed by atoms with Crippen LogP contribution in [0.4, 0.5) is 10.5 Å². The lowest BCUT2D eigenvalue weighted by Gasteiger charge is -2.20. The molecule has 2 aromatic rings. The van der Waals surface area contributed by atoms with E-state index in [1.54, 1.807) is 18.5 Å². The summed E-state index contributed by atoms with van der Waals surface area (Å²) in [5, 5.41) is 10.1. The molecule has 4 amide bonds. The van der Waals surface area contributed by atoms with Crippen molar-refractivity contribution < 1.29 is 14.4 Å². The zero-order valence-corrected chi connectivity index (χ0v) is 16.2. The van der Waals surface area contributed by atoms with Gasteiger partial charge < -0.3 is 10.6 Å². The number of carbonyl (C=O) groups is 3. The quantitative estimate of drug-likeness (QED) is 0.776. The number of anilines is 1. The fraction of sp³-hybridized carbons (Fsp3) is 0.400. The van der Waals surface area contributed by atoms with Crippen LogP contribution in [-0.2, 0) is 9.59 Å². The number of nitrogens with zero attached hydrogens (tertiary/aromatic N) is 3. The van der Waals surface area contributed by atoms with Gasteiger partial charge in [0.2, 0.25) is 5.91 Å². The van der Waals surface area contributed by atoms with E-state index in [0.717, 1.165) is 29.1 Å². The van der Waals surface area contributed by atoms with Crippen LogP contribution in [0.3, 0.4) is 0 Å². The SMILES string of the molecule is Cc1nn(-c2ccccc2)c(C)c1NC(=O)CN1C(=O)NC(C)(C2CC2)C1=O. The molecule has 1 atom stereocenters. The van der Waals surface area contributed by atoms with Crippen LogP contribution < -0.4 is 10.6 Å². The maximum Gasteiger partial charge on any atom is 0.325 e. The number of nitrogens with one attached hydrogen (secondary N) is 2. The van der Waals surface area contributed by atoms with Crippen molar-refractivity contribution in [2.75, 3.05) is 11.9 Å². The third-order valence-corrected chi connectivity index (χ3v) is 5.55. The van der Waals surface area contributed by atoms with Gasteiger partial charge in [0.25, 0.3) is 5.91 Å². The van der Waals surface area contributed by atoms with Gasteiger partial charge in [-0.15, -0.1) is 0 Å². The molecule has 8 nitrogen and oxygen atoms in total. The molecule has 8 heteroatoms. The van der Waals surface area contributed by atoms with Gasteiger partial charge in [-0.05, 0) is 51.7 Å². The standard InChI is InChI=1S/C20H23N5O3/c1-12-17(13(2)25(23-12)15-7-5-4-6-8-15)21-16(26)11-24-18(27)20(3,14-9-10-14)22-19(24)28/h4-8,14H,9-11H2,1-3H3,(H,21,26)(H,22,28). The Hall–Kier alpha value is -3.16. The van der Waals surface area contributed by atoms with Crippen molar-refractivity contribution in [3.05, 3.63) is 41.7 Å². The van der Waals surface area contributed by atoms with Crippen LogP contribution in [0.1, 0.15) is 31.2 Å². The summed E-state index contributed by atoms with van der Waals surface area (Å²) in [4.78, 5) is 38.5. The smallest absolute Gasteiger partial charge is 0.323 e. The van der Waals surface area contributed by atoms with Crippen LogP contribution in [0.2, 0.25) is 0 Å². The first kappa shape index (κ1) is 18.2. The largest absolute Gasteiger partial charge is 0.325 e. The molecule has 2 N–H and O–H groups in total. The fourth-order valence-electron chi connectivity index (χ4n) is 3.76. The number of amides is 4. The number of aromatic nitrogens is 2. The average molecular weight is 381 g/mol. The van der Waals surface area contributed by atoms with Gasteiger partial charge in [0.1, 0.15) is 12.1 Å². The Balaban J connectivity index is 1.50. The Kier molecular flexibility index (Phi) is 4.21. The van der Waals surface area contributed by atoms with E-state index < -0.39 is 17.5 Å². The fourth-order valence-corrected chi connectivity index (χ4v) is 3.76. The predicted octanol–water partition coefficient (Wildman–Crippen LogP) is 2.15. The van der Waals surface area contributed by atoms with Crippen LogP contribution in [0.5, 0.6) is 0 Å². The van der Waals surface area contributed by atoms with E-state index in [0.29, 0.717) is 11.4 Å². The lowest BCUT2D eigenvalue weighted by molar-refractivity contribution is -0.134. The van der Waals surface area contributed by atoms with Gasteiger partial charge >= 0.3 is 6.03 Å². The molecular formula is C20H23N5O3. The van der Waals surface area contributed by atoms with Crippen molar-refractivity contribution in [1.29, 1.82) is 0 Å². The maximum absolute atomic E-state index is 12.7. The molecule has 1 aromatic carbocycles. The number of rotatable bonds is 5. The van der Waals surface area contributed by atoms with Gasteiger partial charge in [-0.2, -0.15) is 5.10 Å². The number of aryl methyl sites for hydroxylation is 1. The monoisotopic (exact) mass is 381 g/mol. The summed E-state index contributed by atoms with van der Waals surface area (Å²) in [5.41, 5.74) is 2.03. The molecule has 1 aliphatic heterocycles. The molecule has 146 valence electrons. The van der Waals surface area contributed by atoms with E-state index in [9.17, 15) is 14.4 Å². The summed E-state index contributed by atoms with van der Waals surface area (Å²) < 4.78 is 1.75. The summed E-state index contributed by atoms with van der Waals surface area (Å²) in [6.45, 7) is 5.09. The van der Waals surface area contributed by atoms with Gasteiger partial charge in [-0.25, -0.2) is 9.48 Å². The molecule has 1 aliphatic carbocycles. The number of imide groups is 1. The van der Waals surface area contributed by atoms with Crippen molar-refractivity contribution in [2.24, 2.45) is 5.92 Å². The van der Waals surface area contributed by atoms with Crippen molar-refractivity contribution in [3.8, 4) is 5.69 Å². The zero-order chi connectivity index (χ0) is 20.1. The van der Waals surface area contributed by atoms with Gasteiger partial charge in [-0.3, -0.25) is 14.5 Å². The summed E-state index contributed by atoms with van der Waals surface area (Å²) in [5.74, 6) is -0.600. The van der Waals surface area contributed by atoms with Crippen molar-refractivity contribution >= 4 is 23.5 Å². The highest BCUT2D eigenvalue weighted by molar-refractivity contribution is 6.10. The molecule has 0 radical (unpaired) electrons. The second-order valence-electron chi connectivity index (χ2n) is 7.64. The van der Waals surface area contributed by atoms with Crippen molar-refractivity contribution in [1.82, 2.24) is 20.0 Å². The minimum Gasteiger partial charge on any atom is -0.323 e. The highest BCUT2D eigenvalue weighted by Crippen LogP contribution is 2.42. The highest BCUT2D eigenvalue weighted by Gasteiger charge is 2.56. The molecule has 1 unspecified atom stereocenters. The summed E-state index contributed by atoms with van der Waals surface area (Å²) in [7, 11) is 0. The van der Waals surface area contributed by atoms with E-state index in [1.165, 1.54) is 0 Å². The maximum atomic E-state index is 12.7. The molecule has 1 saturated heterocycles. The molecule has 28 heavy (non-hydrogen) atoms. The van der Waals surface area contributed by atoms with Gasteiger partial charge in [0.15, 0.2) is 0 Å². The van der Waals surface area contributed by atoms with Crippen LogP contribution in [0.15, 0.2) is 30.3 Å². The predicted molar refractivity (Wildman–Crippen MR) is 103 cm³/mol. The second-order valence-corrected chi connectivity index (χ2v) is 7.64. The third kappa shape index (κ3) is 2.94. The van der Waals surface area contributed by atoms with Crippen LogP contribution in [-0.4, -0.2) is 44.6 Å². The topological polar surface area (TPSA) is 96.3 Å². The van der Waals surface area contributed by atoms with Gasteiger partial charge in [0.05, 0.1) is 22.8 Å². The Morgan fingerprint density at radius 2 is 1.93 bits per heavy atom. The Morgan fingerprint density at radius 3 is 2.57 bits per heavy atom. The van der Waals surface area contributed by atoms with Crippen LogP contribution in [0.25, 0.3) is 5.69 Å². The first-order valence-electron chi connectivity index (χ1n) is 9.37. The molecule has 4 rings (SSSR count). The Bertz CT molecular complexity index is 964. The van der Waals surface area contributed by atoms with Crippen LogP contribution in [0, 0.1) is 19.8 Å². The molecule has 1 saturated carbocycles. The summed E-state index contributed by atoms with van der Waals surface area (Å²) in [6, 6.07) is 9.10. The van der Waals surface area contributed by atoms with Gasteiger partial charge in [-0.1, -0.05) is 18.2 Å². The number of hydrogen-bond donors (Lipinski definition) is 2. The molecular weight excluding hydrogens is 358 g/mol. The number of carbonyl (C=O) groups excluding carboxylic acids is 3. The first-order valence-corrected chi connectivity index (χ1v) is 9.37. The lowest BCUT2D eigenvalue weighted by atomic mass is 9.96. The molecule has 2 fully saturated rings. The minimum absolute atomic E-state index is 0.158. The number of urea groups is 1. The van der Waals surface area contributed by atoms with Gasteiger partial charge in [0, 0.05) is 0 Å². The number of benzene rings is 1. The molecule has 2 heterocycles. The van der Waals surface area contributed by atoms with Crippen LogP contribution >= 0.6 is 0 Å².